The number of nitrogens with two attached hydrogens (primary N) is 1. The summed E-state index contributed by atoms with van der Waals surface area (Å²) >= 11 is 5.98. The lowest BCUT2D eigenvalue weighted by atomic mass is 10.2. The number of anilines is 1. The molecule has 0 atom stereocenters. The van der Waals surface area contributed by atoms with Crippen molar-refractivity contribution in [2.45, 2.75) is 13.8 Å². The minimum Gasteiger partial charge on any atom is -0.462 e. The average molecular weight is 307 g/mol. The number of nitrogen functional groups attached to an aromatic ring is 1. The summed E-state index contributed by atoms with van der Waals surface area (Å²) < 4.78 is 6.33. The Morgan fingerprint density at radius 1 is 1.38 bits per heavy atom. The van der Waals surface area contributed by atoms with E-state index in [-0.39, 0.29) is 23.4 Å². The van der Waals surface area contributed by atoms with Crippen molar-refractivity contribution in [2.75, 3.05) is 12.3 Å². The van der Waals surface area contributed by atoms with Crippen LogP contribution >= 0.6 is 11.6 Å². The highest BCUT2D eigenvalue weighted by Crippen LogP contribution is 2.21. The second kappa shape index (κ2) is 6.41. The minimum absolute atomic E-state index is 0.0536. The Balaban J connectivity index is 2.39. The van der Waals surface area contributed by atoms with E-state index in [4.69, 9.17) is 22.1 Å². The number of benzene rings is 1. The van der Waals surface area contributed by atoms with Crippen molar-refractivity contribution in [1.82, 2.24) is 14.8 Å². The molecule has 0 unspecified atom stereocenters. The Bertz CT molecular complexity index is 680. The van der Waals surface area contributed by atoms with Gasteiger partial charge in [-0.1, -0.05) is 29.8 Å². The largest absolute Gasteiger partial charge is 0.462 e. The van der Waals surface area contributed by atoms with Gasteiger partial charge in [-0.15, -0.1) is 5.10 Å². The van der Waals surface area contributed by atoms with Crippen LogP contribution in [0.3, 0.4) is 0 Å². The summed E-state index contributed by atoms with van der Waals surface area (Å²) in [7, 11) is 0. The van der Waals surface area contributed by atoms with Crippen LogP contribution in [0.4, 0.5) is 5.95 Å². The van der Waals surface area contributed by atoms with E-state index in [0.29, 0.717) is 5.57 Å². The van der Waals surface area contributed by atoms with E-state index >= 15 is 0 Å². The molecule has 21 heavy (non-hydrogen) atoms. The standard InChI is InChI=1S/C14H15ClN4O2/c1-3-21-13(20)11(15)9(2)12-17-14(16)19(18-12)10-7-5-4-6-8-10/h4-8H,3H2,1-2H3,(H2,16,17,18)/b11-9-. The molecule has 1 heterocycles. The second-order valence-electron chi connectivity index (χ2n) is 4.20. The maximum absolute atomic E-state index is 11.6. The molecule has 7 heteroatoms. The first kappa shape index (κ1) is 15.1. The molecule has 0 aliphatic rings. The fourth-order valence-corrected chi connectivity index (χ4v) is 1.83. The molecule has 2 rings (SSSR count). The number of aromatic nitrogens is 3. The topological polar surface area (TPSA) is 83.0 Å². The number of carbonyl (C=O) groups excluding carboxylic acids is 1. The number of carbonyl (C=O) groups is 1. The fraction of sp³-hybridized carbons (Fsp3) is 0.214. The highest BCUT2D eigenvalue weighted by Gasteiger charge is 2.17. The Morgan fingerprint density at radius 3 is 2.67 bits per heavy atom. The molecule has 0 fully saturated rings. The van der Waals surface area contributed by atoms with Gasteiger partial charge in [0.15, 0.2) is 5.82 Å². The third-order valence-corrected chi connectivity index (χ3v) is 3.19. The van der Waals surface area contributed by atoms with Crippen LogP contribution in [0.2, 0.25) is 0 Å². The van der Waals surface area contributed by atoms with Crippen molar-refractivity contribution in [2.24, 2.45) is 0 Å². The average Bonchev–Trinajstić information content (AvgIpc) is 2.89. The molecular formula is C14H15ClN4O2. The summed E-state index contributed by atoms with van der Waals surface area (Å²) in [5, 5.41) is 4.22. The fourth-order valence-electron chi connectivity index (χ4n) is 1.69. The van der Waals surface area contributed by atoms with Crippen LogP contribution in [-0.4, -0.2) is 27.3 Å². The summed E-state index contributed by atoms with van der Waals surface area (Å²) in [6.45, 7) is 3.59. The van der Waals surface area contributed by atoms with Crippen molar-refractivity contribution in [3.05, 3.63) is 41.2 Å². The van der Waals surface area contributed by atoms with E-state index < -0.39 is 5.97 Å². The van der Waals surface area contributed by atoms with Gasteiger partial charge >= 0.3 is 5.97 Å². The Kier molecular flexibility index (Phi) is 4.59. The zero-order valence-electron chi connectivity index (χ0n) is 11.7. The summed E-state index contributed by atoms with van der Waals surface area (Å²) in [5.74, 6) is -0.107. The highest BCUT2D eigenvalue weighted by molar-refractivity contribution is 6.44. The molecule has 0 aliphatic carbocycles. The van der Waals surface area contributed by atoms with Crippen LogP contribution in [0.1, 0.15) is 19.7 Å². The molecule has 0 spiro atoms. The molecule has 6 nitrogen and oxygen atoms in total. The Hall–Kier alpha value is -2.34. The van der Waals surface area contributed by atoms with Gasteiger partial charge in [0.2, 0.25) is 5.95 Å². The van der Waals surface area contributed by atoms with Gasteiger partial charge in [-0.3, -0.25) is 0 Å². The lowest BCUT2D eigenvalue weighted by Crippen LogP contribution is -2.06. The predicted octanol–water partition coefficient (Wildman–Crippen LogP) is 2.38. The van der Waals surface area contributed by atoms with Gasteiger partial charge < -0.3 is 10.5 Å². The van der Waals surface area contributed by atoms with Gasteiger partial charge in [-0.25, -0.2) is 4.79 Å². The quantitative estimate of drug-likeness (QED) is 0.692. The van der Waals surface area contributed by atoms with E-state index in [0.717, 1.165) is 5.69 Å². The molecule has 110 valence electrons. The number of halogens is 1. The van der Waals surface area contributed by atoms with Crippen molar-refractivity contribution in [3.8, 4) is 5.69 Å². The number of esters is 1. The van der Waals surface area contributed by atoms with Gasteiger partial charge in [-0.05, 0) is 26.0 Å². The van der Waals surface area contributed by atoms with E-state index in [9.17, 15) is 4.79 Å². The zero-order chi connectivity index (χ0) is 15.4. The van der Waals surface area contributed by atoms with Crippen LogP contribution in [0, 0.1) is 0 Å². The molecular weight excluding hydrogens is 292 g/mol. The second-order valence-corrected chi connectivity index (χ2v) is 4.58. The van der Waals surface area contributed by atoms with Crippen molar-refractivity contribution in [1.29, 1.82) is 0 Å². The molecule has 0 saturated heterocycles. The van der Waals surface area contributed by atoms with Gasteiger partial charge in [0.25, 0.3) is 0 Å². The minimum atomic E-state index is -0.605. The number of para-hydroxylation sites is 1. The summed E-state index contributed by atoms with van der Waals surface area (Å²) in [5.41, 5.74) is 7.04. The first-order valence-corrected chi connectivity index (χ1v) is 6.74. The van der Waals surface area contributed by atoms with E-state index in [1.54, 1.807) is 13.8 Å². The molecule has 0 saturated carbocycles. The highest BCUT2D eigenvalue weighted by atomic mass is 35.5. The zero-order valence-corrected chi connectivity index (χ0v) is 12.5. The predicted molar refractivity (Wildman–Crippen MR) is 80.9 cm³/mol. The number of rotatable bonds is 4. The van der Waals surface area contributed by atoms with Gasteiger partial charge in [0.1, 0.15) is 5.03 Å². The van der Waals surface area contributed by atoms with Crippen LogP contribution < -0.4 is 5.73 Å². The monoisotopic (exact) mass is 306 g/mol. The first-order valence-electron chi connectivity index (χ1n) is 6.36. The van der Waals surface area contributed by atoms with Crippen LogP contribution in [0.25, 0.3) is 11.3 Å². The molecule has 0 bridgehead atoms. The third kappa shape index (κ3) is 3.22. The Morgan fingerprint density at radius 2 is 2.05 bits per heavy atom. The Labute approximate surface area is 127 Å². The molecule has 0 radical (unpaired) electrons. The summed E-state index contributed by atoms with van der Waals surface area (Å²) in [4.78, 5) is 15.7. The lowest BCUT2D eigenvalue weighted by molar-refractivity contribution is -0.137. The third-order valence-electron chi connectivity index (χ3n) is 2.75. The number of allylic oxidation sites excluding steroid dienone is 1. The van der Waals surface area contributed by atoms with E-state index in [1.807, 2.05) is 30.3 Å². The van der Waals surface area contributed by atoms with Gasteiger partial charge in [-0.2, -0.15) is 9.67 Å². The number of hydrogen-bond donors (Lipinski definition) is 1. The van der Waals surface area contributed by atoms with Crippen LogP contribution in [-0.2, 0) is 9.53 Å². The lowest BCUT2D eigenvalue weighted by Gasteiger charge is -2.02. The number of hydrogen-bond acceptors (Lipinski definition) is 5. The molecule has 2 aromatic rings. The van der Waals surface area contributed by atoms with Crippen molar-refractivity contribution >= 4 is 29.1 Å². The van der Waals surface area contributed by atoms with E-state index in [1.165, 1.54) is 4.68 Å². The number of ether oxygens (including phenoxy) is 1. The van der Waals surface area contributed by atoms with Crippen LogP contribution in [0.5, 0.6) is 0 Å². The smallest absolute Gasteiger partial charge is 0.350 e. The molecule has 0 aliphatic heterocycles. The maximum atomic E-state index is 11.6. The van der Waals surface area contributed by atoms with Gasteiger partial charge in [0.05, 0.1) is 12.3 Å². The summed E-state index contributed by atoms with van der Waals surface area (Å²) in [6.07, 6.45) is 0. The molecule has 0 amide bonds. The molecule has 1 aromatic heterocycles. The van der Waals surface area contributed by atoms with Gasteiger partial charge in [0, 0.05) is 5.57 Å². The molecule has 1 aromatic carbocycles. The molecule has 2 N–H and O–H groups in total. The van der Waals surface area contributed by atoms with Crippen LogP contribution in [0.15, 0.2) is 35.4 Å². The summed E-state index contributed by atoms with van der Waals surface area (Å²) in [6, 6.07) is 9.32. The van der Waals surface area contributed by atoms with Crippen molar-refractivity contribution < 1.29 is 9.53 Å². The number of nitrogens with zero attached hydrogens (tertiary/aromatic N) is 3. The maximum Gasteiger partial charge on any atom is 0.350 e. The van der Waals surface area contributed by atoms with E-state index in [2.05, 4.69) is 10.1 Å². The van der Waals surface area contributed by atoms with Crippen molar-refractivity contribution in [3.63, 3.8) is 0 Å². The SMILES string of the molecule is CCOC(=O)/C(Cl)=C(\C)c1nc(N)n(-c2ccccc2)n1. The first-order chi connectivity index (χ1) is 10.0. The normalized spacial score (nSPS) is 12.0.